The highest BCUT2D eigenvalue weighted by Crippen LogP contribution is 2.35. The van der Waals surface area contributed by atoms with E-state index < -0.39 is 17.5 Å². The van der Waals surface area contributed by atoms with Crippen molar-refractivity contribution in [1.82, 2.24) is 5.32 Å². The van der Waals surface area contributed by atoms with E-state index in [2.05, 4.69) is 24.4 Å². The zero-order valence-corrected chi connectivity index (χ0v) is 21.7. The van der Waals surface area contributed by atoms with Crippen LogP contribution in [0.15, 0.2) is 78.9 Å². The zero-order valence-electron chi connectivity index (χ0n) is 21.7. The summed E-state index contributed by atoms with van der Waals surface area (Å²) in [5.41, 5.74) is 2.77. The largest absolute Gasteiger partial charge is 0.482 e. The number of hydrogen-bond acceptors (Lipinski definition) is 7. The van der Waals surface area contributed by atoms with Crippen LogP contribution in [-0.4, -0.2) is 38.4 Å². The van der Waals surface area contributed by atoms with Gasteiger partial charge in [0.05, 0.1) is 18.8 Å². The number of carbonyl (C=O) groups is 2. The number of esters is 2. The summed E-state index contributed by atoms with van der Waals surface area (Å²) in [6.45, 7) is 6.69. The molecule has 0 radical (unpaired) electrons. The molecule has 0 aromatic heterocycles. The molecule has 3 aromatic carbocycles. The van der Waals surface area contributed by atoms with Gasteiger partial charge in [0.1, 0.15) is 11.5 Å². The minimum absolute atomic E-state index is 0.133. The predicted octanol–water partition coefficient (Wildman–Crippen LogP) is 5.01. The molecule has 3 rings (SSSR count). The lowest BCUT2D eigenvalue weighted by molar-refractivity contribution is -0.146. The highest BCUT2D eigenvalue weighted by atomic mass is 16.6. The van der Waals surface area contributed by atoms with Crippen molar-refractivity contribution in [3.05, 3.63) is 95.6 Å². The van der Waals surface area contributed by atoms with Crippen molar-refractivity contribution >= 4 is 11.9 Å². The Labute approximate surface area is 218 Å². The van der Waals surface area contributed by atoms with E-state index in [0.29, 0.717) is 31.3 Å². The third kappa shape index (κ3) is 7.82. The molecule has 7 nitrogen and oxygen atoms in total. The van der Waals surface area contributed by atoms with E-state index in [1.807, 2.05) is 66.7 Å². The van der Waals surface area contributed by atoms with E-state index >= 15 is 0 Å². The summed E-state index contributed by atoms with van der Waals surface area (Å²) in [4.78, 5) is 23.3. The molecule has 0 bridgehead atoms. The molecule has 7 heteroatoms. The Hall–Kier alpha value is -3.84. The van der Waals surface area contributed by atoms with Crippen LogP contribution in [0.1, 0.15) is 43.9 Å². The SMILES string of the molecule is CCOC(=O)COc1ccc(C(CC)(NCc2ccccc2)c2ccc(OCC(=O)OCC)cc2)cc1. The number of rotatable bonds is 14. The van der Waals surface area contributed by atoms with Gasteiger partial charge in [-0.1, -0.05) is 61.5 Å². The molecular formula is C30H35NO6. The average molecular weight is 506 g/mol. The smallest absolute Gasteiger partial charge is 0.344 e. The first-order valence-electron chi connectivity index (χ1n) is 12.6. The van der Waals surface area contributed by atoms with Crippen LogP contribution in [0, 0.1) is 0 Å². The Kier molecular flexibility index (Phi) is 10.5. The molecule has 0 atom stereocenters. The van der Waals surface area contributed by atoms with Gasteiger partial charge in [0.2, 0.25) is 0 Å². The third-order valence-electron chi connectivity index (χ3n) is 5.99. The van der Waals surface area contributed by atoms with Gasteiger partial charge in [-0.2, -0.15) is 0 Å². The van der Waals surface area contributed by atoms with Gasteiger partial charge in [0.25, 0.3) is 0 Å². The fourth-order valence-electron chi connectivity index (χ4n) is 4.11. The number of ether oxygens (including phenoxy) is 4. The first-order chi connectivity index (χ1) is 18.0. The van der Waals surface area contributed by atoms with Crippen LogP contribution in [-0.2, 0) is 31.1 Å². The minimum atomic E-state index is -0.505. The second-order valence-corrected chi connectivity index (χ2v) is 8.33. The summed E-state index contributed by atoms with van der Waals surface area (Å²) in [6.07, 6.45) is 0.770. The number of nitrogens with one attached hydrogen (secondary N) is 1. The molecule has 0 unspecified atom stereocenters. The first kappa shape index (κ1) is 27.7. The second kappa shape index (κ2) is 14.0. The minimum Gasteiger partial charge on any atom is -0.482 e. The maximum absolute atomic E-state index is 11.6. The molecule has 0 amide bonds. The molecule has 0 fully saturated rings. The van der Waals surface area contributed by atoms with Crippen molar-refractivity contribution in [3.63, 3.8) is 0 Å². The van der Waals surface area contributed by atoms with E-state index in [4.69, 9.17) is 18.9 Å². The summed E-state index contributed by atoms with van der Waals surface area (Å²) in [5, 5.41) is 3.77. The molecular weight excluding hydrogens is 470 g/mol. The van der Waals surface area contributed by atoms with Crippen LogP contribution in [0.2, 0.25) is 0 Å². The fourth-order valence-corrected chi connectivity index (χ4v) is 4.11. The molecule has 0 saturated heterocycles. The maximum Gasteiger partial charge on any atom is 0.344 e. The monoisotopic (exact) mass is 505 g/mol. The Morgan fingerprint density at radius 3 is 1.54 bits per heavy atom. The van der Waals surface area contributed by atoms with Crippen LogP contribution < -0.4 is 14.8 Å². The number of carbonyl (C=O) groups excluding carboxylic acids is 2. The first-order valence-corrected chi connectivity index (χ1v) is 12.6. The van der Waals surface area contributed by atoms with Crippen LogP contribution in [0.3, 0.4) is 0 Å². The van der Waals surface area contributed by atoms with Gasteiger partial charge >= 0.3 is 11.9 Å². The Bertz CT molecular complexity index is 1050. The Balaban J connectivity index is 1.85. The summed E-state index contributed by atoms with van der Waals surface area (Å²) in [7, 11) is 0. The molecule has 0 saturated carbocycles. The van der Waals surface area contributed by atoms with Crippen molar-refractivity contribution in [1.29, 1.82) is 0 Å². The number of hydrogen-bond donors (Lipinski definition) is 1. The van der Waals surface area contributed by atoms with Crippen LogP contribution in [0.25, 0.3) is 0 Å². The van der Waals surface area contributed by atoms with E-state index in [9.17, 15) is 9.59 Å². The van der Waals surface area contributed by atoms with Gasteiger partial charge < -0.3 is 18.9 Å². The maximum atomic E-state index is 11.6. The molecule has 0 aliphatic heterocycles. The van der Waals surface area contributed by atoms with Gasteiger partial charge in [-0.25, -0.2) is 9.59 Å². The van der Waals surface area contributed by atoms with Gasteiger partial charge in [-0.05, 0) is 61.2 Å². The Morgan fingerprint density at radius 2 is 1.14 bits per heavy atom. The summed E-state index contributed by atoms with van der Waals surface area (Å²) < 4.78 is 21.0. The van der Waals surface area contributed by atoms with Crippen molar-refractivity contribution in [2.24, 2.45) is 0 Å². The van der Waals surface area contributed by atoms with Crippen molar-refractivity contribution in [2.75, 3.05) is 26.4 Å². The fraction of sp³-hybridized carbons (Fsp3) is 0.333. The van der Waals surface area contributed by atoms with Crippen LogP contribution >= 0.6 is 0 Å². The highest BCUT2D eigenvalue weighted by Gasteiger charge is 2.32. The van der Waals surface area contributed by atoms with E-state index in [-0.39, 0.29) is 13.2 Å². The topological polar surface area (TPSA) is 83.1 Å². The average Bonchev–Trinajstić information content (AvgIpc) is 2.93. The summed E-state index contributed by atoms with van der Waals surface area (Å²) in [6, 6.07) is 25.7. The molecule has 196 valence electrons. The molecule has 0 aliphatic rings. The molecule has 37 heavy (non-hydrogen) atoms. The van der Waals surface area contributed by atoms with Crippen molar-refractivity contribution < 1.29 is 28.5 Å². The quantitative estimate of drug-likeness (QED) is 0.308. The van der Waals surface area contributed by atoms with E-state index in [1.165, 1.54) is 5.56 Å². The lowest BCUT2D eigenvalue weighted by Gasteiger charge is -2.36. The third-order valence-corrected chi connectivity index (χ3v) is 5.99. The van der Waals surface area contributed by atoms with Gasteiger partial charge in [0.15, 0.2) is 13.2 Å². The molecule has 0 aliphatic carbocycles. The van der Waals surface area contributed by atoms with Crippen LogP contribution in [0.4, 0.5) is 0 Å². The van der Waals surface area contributed by atoms with Crippen LogP contribution in [0.5, 0.6) is 11.5 Å². The molecule has 1 N–H and O–H groups in total. The molecule has 0 heterocycles. The lowest BCUT2D eigenvalue weighted by atomic mass is 9.80. The van der Waals surface area contributed by atoms with Gasteiger partial charge in [0, 0.05) is 6.54 Å². The van der Waals surface area contributed by atoms with E-state index in [1.54, 1.807) is 13.8 Å². The summed E-state index contributed by atoms with van der Waals surface area (Å²) in [5.74, 6) is 0.383. The lowest BCUT2D eigenvalue weighted by Crippen LogP contribution is -2.42. The van der Waals surface area contributed by atoms with Crippen molar-refractivity contribution in [2.45, 2.75) is 39.3 Å². The standard InChI is InChI=1S/C30H35NO6/c1-4-30(31-20-23-10-8-7-9-11-23,24-12-16-26(17-13-24)36-21-28(32)34-5-2)25-14-18-27(19-15-25)37-22-29(33)35-6-3/h7-19,31H,4-6,20-22H2,1-3H3. The zero-order chi connectivity index (χ0) is 26.5. The normalized spacial score (nSPS) is 11.0. The second-order valence-electron chi connectivity index (χ2n) is 8.33. The highest BCUT2D eigenvalue weighted by molar-refractivity contribution is 5.71. The predicted molar refractivity (Wildman–Crippen MR) is 141 cm³/mol. The van der Waals surface area contributed by atoms with Gasteiger partial charge in [-0.3, -0.25) is 5.32 Å². The van der Waals surface area contributed by atoms with E-state index in [0.717, 1.165) is 17.5 Å². The summed E-state index contributed by atoms with van der Waals surface area (Å²) >= 11 is 0. The molecule has 3 aromatic rings. The molecule has 0 spiro atoms. The Morgan fingerprint density at radius 1 is 0.676 bits per heavy atom. The van der Waals surface area contributed by atoms with Crippen molar-refractivity contribution in [3.8, 4) is 11.5 Å². The number of benzene rings is 3. The van der Waals surface area contributed by atoms with Gasteiger partial charge in [-0.15, -0.1) is 0 Å².